The van der Waals surface area contributed by atoms with E-state index in [1.807, 2.05) is 6.92 Å². The van der Waals surface area contributed by atoms with Gasteiger partial charge < -0.3 is 15.2 Å². The quantitative estimate of drug-likeness (QED) is 0.761. The van der Waals surface area contributed by atoms with E-state index in [0.29, 0.717) is 30.2 Å². The van der Waals surface area contributed by atoms with Crippen LogP contribution in [0.25, 0.3) is 6.08 Å². The van der Waals surface area contributed by atoms with Crippen molar-refractivity contribution in [2.75, 3.05) is 13.7 Å². The van der Waals surface area contributed by atoms with Crippen LogP contribution >= 0.6 is 11.6 Å². The normalized spacial score (nSPS) is 12.4. The van der Waals surface area contributed by atoms with Crippen LogP contribution in [0.5, 0.6) is 5.75 Å². The molecule has 0 fully saturated rings. The van der Waals surface area contributed by atoms with Crippen LogP contribution in [0.2, 0.25) is 5.02 Å². The zero-order valence-corrected chi connectivity index (χ0v) is 12.5. The number of benzene rings is 1. The van der Waals surface area contributed by atoms with Crippen molar-refractivity contribution in [3.8, 4) is 5.75 Å². The molecule has 0 heterocycles. The highest BCUT2D eigenvalue weighted by Gasteiger charge is 2.03. The van der Waals surface area contributed by atoms with Crippen molar-refractivity contribution in [1.29, 1.82) is 0 Å². The number of aliphatic hydroxyl groups excluding tert-OH is 1. The molecule has 1 rings (SSSR count). The van der Waals surface area contributed by atoms with Crippen molar-refractivity contribution in [1.82, 2.24) is 5.32 Å². The first-order valence-electron chi connectivity index (χ1n) is 6.54. The van der Waals surface area contributed by atoms with E-state index in [-0.39, 0.29) is 12.0 Å². The molecule has 5 heteroatoms. The molecule has 0 aromatic heterocycles. The van der Waals surface area contributed by atoms with E-state index >= 15 is 0 Å². The maximum Gasteiger partial charge on any atom is 0.244 e. The fourth-order valence-corrected chi connectivity index (χ4v) is 1.81. The molecule has 1 amide bonds. The van der Waals surface area contributed by atoms with Gasteiger partial charge in [-0.25, -0.2) is 0 Å². The summed E-state index contributed by atoms with van der Waals surface area (Å²) in [6.07, 6.45) is 3.94. The largest absolute Gasteiger partial charge is 0.496 e. The molecule has 4 nitrogen and oxygen atoms in total. The third-order valence-corrected chi connectivity index (χ3v) is 3.09. The van der Waals surface area contributed by atoms with Gasteiger partial charge in [-0.2, -0.15) is 0 Å². The van der Waals surface area contributed by atoms with E-state index in [1.165, 1.54) is 6.08 Å². The highest BCUT2D eigenvalue weighted by Crippen LogP contribution is 2.23. The fourth-order valence-electron chi connectivity index (χ4n) is 1.63. The van der Waals surface area contributed by atoms with E-state index in [2.05, 4.69) is 5.32 Å². The Labute approximate surface area is 124 Å². The Bertz CT molecular complexity index is 474. The number of halogens is 1. The lowest BCUT2D eigenvalue weighted by molar-refractivity contribution is -0.116. The first kappa shape index (κ1) is 16.5. The summed E-state index contributed by atoms with van der Waals surface area (Å²) in [6, 6.07) is 5.20. The minimum absolute atomic E-state index is 0.213. The molecule has 110 valence electrons. The predicted molar refractivity (Wildman–Crippen MR) is 81.0 cm³/mol. The van der Waals surface area contributed by atoms with Gasteiger partial charge in [0.25, 0.3) is 0 Å². The number of hydrogen-bond donors (Lipinski definition) is 2. The van der Waals surface area contributed by atoms with Gasteiger partial charge in [0, 0.05) is 23.2 Å². The molecular weight excluding hydrogens is 278 g/mol. The summed E-state index contributed by atoms with van der Waals surface area (Å²) in [4.78, 5) is 11.6. The molecule has 0 aliphatic rings. The van der Waals surface area contributed by atoms with Crippen LogP contribution in [0, 0.1) is 0 Å². The third kappa shape index (κ3) is 5.63. The predicted octanol–water partition coefficient (Wildman–Crippen LogP) is 2.64. The van der Waals surface area contributed by atoms with Crippen LogP contribution in [0.1, 0.15) is 25.3 Å². The molecular formula is C15H20ClNO3. The van der Waals surface area contributed by atoms with Crippen LogP contribution < -0.4 is 10.1 Å². The Morgan fingerprint density at radius 3 is 2.95 bits per heavy atom. The van der Waals surface area contributed by atoms with Crippen LogP contribution in [-0.2, 0) is 4.79 Å². The van der Waals surface area contributed by atoms with Gasteiger partial charge >= 0.3 is 0 Å². The standard InChI is InChI=1S/C15H20ClNO3/c1-3-13(18)8-9-17-15(19)7-4-11-10-12(16)5-6-14(11)20-2/h4-7,10,13,18H,3,8-9H2,1-2H3,(H,17,19)/b7-4+. The van der Waals surface area contributed by atoms with E-state index < -0.39 is 0 Å². The van der Waals surface area contributed by atoms with Crippen LogP contribution in [-0.4, -0.2) is 30.8 Å². The molecule has 20 heavy (non-hydrogen) atoms. The molecule has 0 aliphatic carbocycles. The van der Waals surface area contributed by atoms with Gasteiger partial charge in [0.15, 0.2) is 0 Å². The maximum atomic E-state index is 11.6. The number of hydrogen-bond acceptors (Lipinski definition) is 3. The number of aliphatic hydroxyl groups is 1. The Kier molecular flexibility index (Phi) is 7.12. The highest BCUT2D eigenvalue weighted by molar-refractivity contribution is 6.30. The Balaban J connectivity index is 2.55. The number of nitrogens with one attached hydrogen (secondary N) is 1. The summed E-state index contributed by atoms with van der Waals surface area (Å²) in [5, 5.41) is 12.7. The number of methoxy groups -OCH3 is 1. The average Bonchev–Trinajstić information content (AvgIpc) is 2.45. The Morgan fingerprint density at radius 2 is 2.30 bits per heavy atom. The van der Waals surface area contributed by atoms with Crippen molar-refractivity contribution in [2.45, 2.75) is 25.9 Å². The van der Waals surface area contributed by atoms with Crippen LogP contribution in [0.3, 0.4) is 0 Å². The van der Waals surface area contributed by atoms with Crippen molar-refractivity contribution in [3.63, 3.8) is 0 Å². The first-order chi connectivity index (χ1) is 9.56. The summed E-state index contributed by atoms with van der Waals surface area (Å²) in [5.74, 6) is 0.440. The number of rotatable bonds is 7. The minimum atomic E-state index is -0.368. The van der Waals surface area contributed by atoms with Gasteiger partial charge in [-0.15, -0.1) is 0 Å². The summed E-state index contributed by atoms with van der Waals surface area (Å²) < 4.78 is 5.19. The smallest absolute Gasteiger partial charge is 0.244 e. The molecule has 0 bridgehead atoms. The van der Waals surface area contributed by atoms with Gasteiger partial charge in [0.2, 0.25) is 5.91 Å². The van der Waals surface area contributed by atoms with Crippen molar-refractivity contribution in [2.24, 2.45) is 0 Å². The Hall–Kier alpha value is -1.52. The summed E-state index contributed by atoms with van der Waals surface area (Å²) in [6.45, 7) is 2.35. The lowest BCUT2D eigenvalue weighted by atomic mass is 10.2. The fraction of sp³-hybridized carbons (Fsp3) is 0.400. The van der Waals surface area contributed by atoms with Crippen molar-refractivity contribution >= 4 is 23.6 Å². The highest BCUT2D eigenvalue weighted by atomic mass is 35.5. The molecule has 1 unspecified atom stereocenters. The summed E-state index contributed by atoms with van der Waals surface area (Å²) in [7, 11) is 1.56. The lowest BCUT2D eigenvalue weighted by Crippen LogP contribution is -2.25. The first-order valence-corrected chi connectivity index (χ1v) is 6.92. The second-order valence-electron chi connectivity index (χ2n) is 4.36. The van der Waals surface area contributed by atoms with Gasteiger partial charge in [-0.1, -0.05) is 18.5 Å². The number of ether oxygens (including phenoxy) is 1. The average molecular weight is 298 g/mol. The zero-order valence-electron chi connectivity index (χ0n) is 11.7. The molecule has 1 atom stereocenters. The number of amides is 1. The molecule has 0 spiro atoms. The SMILES string of the molecule is CCC(O)CCNC(=O)/C=C/c1cc(Cl)ccc1OC. The molecule has 1 aromatic carbocycles. The van der Waals surface area contributed by atoms with Crippen molar-refractivity contribution < 1.29 is 14.6 Å². The number of carbonyl (C=O) groups excluding carboxylic acids is 1. The second kappa shape index (κ2) is 8.61. The molecule has 0 radical (unpaired) electrons. The van der Waals surface area contributed by atoms with Crippen molar-refractivity contribution in [3.05, 3.63) is 34.9 Å². The monoisotopic (exact) mass is 297 g/mol. The van der Waals surface area contributed by atoms with Gasteiger partial charge in [-0.05, 0) is 37.1 Å². The van der Waals surface area contributed by atoms with E-state index in [0.717, 1.165) is 5.56 Å². The lowest BCUT2D eigenvalue weighted by Gasteiger charge is -2.07. The van der Waals surface area contributed by atoms with E-state index in [9.17, 15) is 9.90 Å². The topological polar surface area (TPSA) is 58.6 Å². The molecule has 1 aromatic rings. The summed E-state index contributed by atoms with van der Waals surface area (Å²) in [5.41, 5.74) is 0.740. The third-order valence-electron chi connectivity index (χ3n) is 2.85. The molecule has 0 saturated heterocycles. The maximum absolute atomic E-state index is 11.6. The summed E-state index contributed by atoms with van der Waals surface area (Å²) >= 11 is 5.91. The van der Waals surface area contributed by atoms with E-state index in [1.54, 1.807) is 31.4 Å². The molecule has 2 N–H and O–H groups in total. The van der Waals surface area contributed by atoms with Gasteiger partial charge in [0.05, 0.1) is 13.2 Å². The zero-order chi connectivity index (χ0) is 15.0. The van der Waals surface area contributed by atoms with Gasteiger partial charge in [0.1, 0.15) is 5.75 Å². The second-order valence-corrected chi connectivity index (χ2v) is 4.80. The van der Waals surface area contributed by atoms with Crippen LogP contribution in [0.4, 0.5) is 0 Å². The number of carbonyl (C=O) groups is 1. The molecule has 0 aliphatic heterocycles. The van der Waals surface area contributed by atoms with Crippen LogP contribution in [0.15, 0.2) is 24.3 Å². The molecule has 0 saturated carbocycles. The van der Waals surface area contributed by atoms with Gasteiger partial charge in [-0.3, -0.25) is 4.79 Å². The Morgan fingerprint density at radius 1 is 1.55 bits per heavy atom. The van der Waals surface area contributed by atoms with E-state index in [4.69, 9.17) is 16.3 Å². The minimum Gasteiger partial charge on any atom is -0.496 e.